The lowest BCUT2D eigenvalue weighted by atomic mass is 10.1. The molecule has 0 saturated heterocycles. The molecule has 1 atom stereocenters. The average Bonchev–Trinajstić information content (AvgIpc) is 2.76. The number of esters is 1. The fraction of sp³-hybridized carbons (Fsp3) is 0.333. The molecule has 1 aromatic carbocycles. The number of carbonyl (C=O) groups is 2. The number of ether oxygens (including phenoxy) is 1. The molecule has 0 fully saturated rings. The summed E-state index contributed by atoms with van der Waals surface area (Å²) in [4.78, 5) is 23.6. The van der Waals surface area contributed by atoms with Gasteiger partial charge in [0.05, 0.1) is 6.61 Å². The van der Waals surface area contributed by atoms with Crippen molar-refractivity contribution in [2.45, 2.75) is 26.8 Å². The highest BCUT2D eigenvalue weighted by Gasteiger charge is 2.22. The van der Waals surface area contributed by atoms with Crippen LogP contribution in [0.25, 0.3) is 11.0 Å². The molecule has 0 bridgehead atoms. The molecule has 1 N–H and O–H groups in total. The van der Waals surface area contributed by atoms with Crippen molar-refractivity contribution < 1.29 is 23.1 Å². The zero-order valence-electron chi connectivity index (χ0n) is 12.0. The normalized spacial score (nSPS) is 12.2. The lowest BCUT2D eigenvalue weighted by molar-refractivity contribution is -0.144. The van der Waals surface area contributed by atoms with Crippen LogP contribution >= 0.6 is 0 Å². The van der Waals surface area contributed by atoms with Crippen molar-refractivity contribution in [1.82, 2.24) is 5.32 Å². The van der Waals surface area contributed by atoms with Crippen LogP contribution in [-0.4, -0.2) is 24.5 Å². The van der Waals surface area contributed by atoms with Crippen LogP contribution in [-0.2, 0) is 9.53 Å². The first-order chi connectivity index (χ1) is 9.93. The zero-order chi connectivity index (χ0) is 15.6. The molecule has 1 amide bonds. The minimum Gasteiger partial charge on any atom is -0.464 e. The summed E-state index contributed by atoms with van der Waals surface area (Å²) in [6.45, 7) is 5.11. The molecular formula is C15H16FNO4. The first-order valence-corrected chi connectivity index (χ1v) is 6.60. The maximum atomic E-state index is 13.2. The lowest BCUT2D eigenvalue weighted by Gasteiger charge is -2.11. The van der Waals surface area contributed by atoms with Crippen LogP contribution in [0.2, 0.25) is 0 Å². The maximum absolute atomic E-state index is 13.2. The summed E-state index contributed by atoms with van der Waals surface area (Å²) in [5.74, 6) is -1.40. The van der Waals surface area contributed by atoms with E-state index in [0.29, 0.717) is 16.5 Å². The number of furan rings is 1. The van der Waals surface area contributed by atoms with Gasteiger partial charge in [0.15, 0.2) is 5.76 Å². The van der Waals surface area contributed by atoms with Gasteiger partial charge in [-0.3, -0.25) is 4.79 Å². The van der Waals surface area contributed by atoms with Gasteiger partial charge in [-0.15, -0.1) is 0 Å². The lowest BCUT2D eigenvalue weighted by Crippen LogP contribution is -2.39. The Kier molecular flexibility index (Phi) is 4.26. The number of hydrogen-bond donors (Lipinski definition) is 1. The third-order valence-corrected chi connectivity index (χ3v) is 3.09. The number of carbonyl (C=O) groups excluding carboxylic acids is 2. The number of amides is 1. The van der Waals surface area contributed by atoms with Crippen molar-refractivity contribution in [3.63, 3.8) is 0 Å². The van der Waals surface area contributed by atoms with E-state index < -0.39 is 23.7 Å². The fourth-order valence-corrected chi connectivity index (χ4v) is 2.00. The predicted molar refractivity (Wildman–Crippen MR) is 74.5 cm³/mol. The smallest absolute Gasteiger partial charge is 0.328 e. The Morgan fingerprint density at radius 1 is 1.43 bits per heavy atom. The second-order valence-corrected chi connectivity index (χ2v) is 4.64. The molecule has 112 valence electrons. The van der Waals surface area contributed by atoms with Gasteiger partial charge in [0.25, 0.3) is 5.91 Å². The van der Waals surface area contributed by atoms with E-state index in [2.05, 4.69) is 5.32 Å². The van der Waals surface area contributed by atoms with Crippen LogP contribution in [0.4, 0.5) is 4.39 Å². The highest BCUT2D eigenvalue weighted by Crippen LogP contribution is 2.25. The molecule has 0 saturated carbocycles. The van der Waals surface area contributed by atoms with Crippen LogP contribution in [0, 0.1) is 12.7 Å². The predicted octanol–water partition coefficient (Wildman–Crippen LogP) is 2.56. The molecule has 21 heavy (non-hydrogen) atoms. The van der Waals surface area contributed by atoms with E-state index in [1.165, 1.54) is 25.1 Å². The van der Waals surface area contributed by atoms with E-state index in [0.717, 1.165) is 0 Å². The molecule has 0 aliphatic heterocycles. The molecule has 5 nitrogen and oxygen atoms in total. The number of nitrogens with one attached hydrogen (secondary N) is 1. The third kappa shape index (κ3) is 3.04. The molecule has 0 radical (unpaired) electrons. The summed E-state index contributed by atoms with van der Waals surface area (Å²) in [6, 6.07) is 3.23. The molecule has 0 aliphatic rings. The molecule has 2 rings (SSSR count). The van der Waals surface area contributed by atoms with Crippen molar-refractivity contribution >= 4 is 22.8 Å². The van der Waals surface area contributed by atoms with Crippen molar-refractivity contribution in [1.29, 1.82) is 0 Å². The molecule has 1 heterocycles. The van der Waals surface area contributed by atoms with E-state index in [-0.39, 0.29) is 12.4 Å². The highest BCUT2D eigenvalue weighted by molar-refractivity contribution is 6.00. The largest absolute Gasteiger partial charge is 0.464 e. The zero-order valence-corrected chi connectivity index (χ0v) is 12.0. The number of halogens is 1. The van der Waals surface area contributed by atoms with E-state index in [9.17, 15) is 14.0 Å². The van der Waals surface area contributed by atoms with Crippen molar-refractivity contribution in [2.75, 3.05) is 6.61 Å². The Balaban J connectivity index is 2.24. The van der Waals surface area contributed by atoms with Crippen LogP contribution in [0.3, 0.4) is 0 Å². The summed E-state index contributed by atoms with van der Waals surface area (Å²) < 4.78 is 23.5. The maximum Gasteiger partial charge on any atom is 0.328 e. The van der Waals surface area contributed by atoms with Gasteiger partial charge in [-0.1, -0.05) is 0 Å². The van der Waals surface area contributed by atoms with Crippen LogP contribution in [0.15, 0.2) is 22.6 Å². The number of fused-ring (bicyclic) bond motifs is 1. The highest BCUT2D eigenvalue weighted by atomic mass is 19.1. The molecule has 2 aromatic rings. The number of rotatable bonds is 4. The molecular weight excluding hydrogens is 277 g/mol. The van der Waals surface area contributed by atoms with Gasteiger partial charge in [-0.25, -0.2) is 9.18 Å². The Morgan fingerprint density at radius 2 is 2.14 bits per heavy atom. The molecule has 1 aromatic heterocycles. The number of benzene rings is 1. The van der Waals surface area contributed by atoms with E-state index in [1.54, 1.807) is 13.8 Å². The van der Waals surface area contributed by atoms with Crippen LogP contribution < -0.4 is 5.32 Å². The van der Waals surface area contributed by atoms with E-state index in [4.69, 9.17) is 9.15 Å². The molecule has 1 unspecified atom stereocenters. The van der Waals surface area contributed by atoms with Gasteiger partial charge in [0, 0.05) is 10.9 Å². The van der Waals surface area contributed by atoms with Gasteiger partial charge in [-0.2, -0.15) is 0 Å². The van der Waals surface area contributed by atoms with Gasteiger partial charge < -0.3 is 14.5 Å². The standard InChI is InChI=1S/C15H16FNO4/c1-4-20-15(19)9(3)17-14(18)13-8(2)11-7-10(16)5-6-12(11)21-13/h5-7,9H,4H2,1-3H3,(H,17,18). The van der Waals surface area contributed by atoms with Crippen LogP contribution in [0.5, 0.6) is 0 Å². The molecule has 6 heteroatoms. The quantitative estimate of drug-likeness (QED) is 0.880. The second kappa shape index (κ2) is 5.95. The Labute approximate surface area is 121 Å². The van der Waals surface area contributed by atoms with Gasteiger partial charge >= 0.3 is 5.97 Å². The van der Waals surface area contributed by atoms with Crippen molar-refractivity contribution in [2.24, 2.45) is 0 Å². The minimum atomic E-state index is -0.790. The van der Waals surface area contributed by atoms with E-state index in [1.807, 2.05) is 0 Å². The van der Waals surface area contributed by atoms with Gasteiger partial charge in [0.1, 0.15) is 17.4 Å². The van der Waals surface area contributed by atoms with Crippen LogP contribution in [0.1, 0.15) is 30.0 Å². The first-order valence-electron chi connectivity index (χ1n) is 6.60. The monoisotopic (exact) mass is 293 g/mol. The number of aryl methyl sites for hydroxylation is 1. The third-order valence-electron chi connectivity index (χ3n) is 3.09. The summed E-state index contributed by atoms with van der Waals surface area (Å²) in [5.41, 5.74) is 0.945. The van der Waals surface area contributed by atoms with E-state index >= 15 is 0 Å². The topological polar surface area (TPSA) is 68.5 Å². The first kappa shape index (κ1) is 15.0. The summed E-state index contributed by atoms with van der Waals surface area (Å²) in [7, 11) is 0. The van der Waals surface area contributed by atoms with Gasteiger partial charge in [0.2, 0.25) is 0 Å². The summed E-state index contributed by atoms with van der Waals surface area (Å²) in [6.07, 6.45) is 0. The molecule has 0 spiro atoms. The summed E-state index contributed by atoms with van der Waals surface area (Å²) in [5, 5.41) is 3.03. The Hall–Kier alpha value is -2.37. The minimum absolute atomic E-state index is 0.0618. The van der Waals surface area contributed by atoms with Gasteiger partial charge in [-0.05, 0) is 39.0 Å². The number of hydrogen-bond acceptors (Lipinski definition) is 4. The van der Waals surface area contributed by atoms with Crippen molar-refractivity contribution in [3.8, 4) is 0 Å². The van der Waals surface area contributed by atoms with Crippen molar-refractivity contribution in [3.05, 3.63) is 35.3 Å². The molecule has 0 aliphatic carbocycles. The second-order valence-electron chi connectivity index (χ2n) is 4.64. The Bertz CT molecular complexity index is 692. The Morgan fingerprint density at radius 3 is 2.81 bits per heavy atom. The fourth-order valence-electron chi connectivity index (χ4n) is 2.00. The SMILES string of the molecule is CCOC(=O)C(C)NC(=O)c1oc2ccc(F)cc2c1C. The summed E-state index contributed by atoms with van der Waals surface area (Å²) >= 11 is 0. The average molecular weight is 293 g/mol.